The predicted molar refractivity (Wildman–Crippen MR) is 131 cm³/mol. The van der Waals surface area contributed by atoms with Crippen LogP contribution in [0.25, 0.3) is 0 Å². The number of rotatable bonds is 8. The summed E-state index contributed by atoms with van der Waals surface area (Å²) in [5, 5.41) is 15.8. The number of ether oxygens (including phenoxy) is 2. The Morgan fingerprint density at radius 1 is 1.26 bits per heavy atom. The summed E-state index contributed by atoms with van der Waals surface area (Å²) < 4.78 is 25.1. The van der Waals surface area contributed by atoms with Gasteiger partial charge in [-0.15, -0.1) is 24.0 Å². The van der Waals surface area contributed by atoms with Crippen LogP contribution in [0.3, 0.4) is 0 Å². The van der Waals surface area contributed by atoms with Crippen molar-refractivity contribution in [2.75, 3.05) is 26.4 Å². The van der Waals surface area contributed by atoms with Crippen molar-refractivity contribution in [3.63, 3.8) is 0 Å². The third-order valence-corrected chi connectivity index (χ3v) is 4.94. The van der Waals surface area contributed by atoms with Crippen LogP contribution in [0.15, 0.2) is 41.4 Å². The zero-order valence-electron chi connectivity index (χ0n) is 18.0. The van der Waals surface area contributed by atoms with Crippen LogP contribution in [0.1, 0.15) is 30.0 Å². The second kappa shape index (κ2) is 12.7. The number of halogens is 2. The van der Waals surface area contributed by atoms with Crippen LogP contribution >= 0.6 is 24.0 Å². The number of phenols is 1. The minimum absolute atomic E-state index is 0. The van der Waals surface area contributed by atoms with Gasteiger partial charge in [0.25, 0.3) is 0 Å². The van der Waals surface area contributed by atoms with Crippen molar-refractivity contribution in [2.24, 2.45) is 10.9 Å². The van der Waals surface area contributed by atoms with Crippen LogP contribution in [-0.2, 0) is 17.8 Å². The van der Waals surface area contributed by atoms with E-state index < -0.39 is 5.82 Å². The van der Waals surface area contributed by atoms with Gasteiger partial charge in [0.1, 0.15) is 5.75 Å². The Labute approximate surface area is 200 Å². The topological polar surface area (TPSA) is 75.1 Å². The lowest BCUT2D eigenvalue weighted by Gasteiger charge is -2.17. The van der Waals surface area contributed by atoms with Gasteiger partial charge in [-0.2, -0.15) is 0 Å². The molecule has 3 rings (SSSR count). The van der Waals surface area contributed by atoms with Gasteiger partial charge in [-0.25, -0.2) is 9.38 Å². The fourth-order valence-electron chi connectivity index (χ4n) is 3.20. The first-order chi connectivity index (χ1) is 14.5. The minimum Gasteiger partial charge on any atom is -0.505 e. The summed E-state index contributed by atoms with van der Waals surface area (Å²) in [5.41, 5.74) is 2.87. The number of phenolic OH excluding ortho intramolecular Hbond substituents is 1. The van der Waals surface area contributed by atoms with Gasteiger partial charge in [0.15, 0.2) is 17.5 Å². The molecule has 1 aliphatic rings. The van der Waals surface area contributed by atoms with Crippen LogP contribution in [0, 0.1) is 18.7 Å². The largest absolute Gasteiger partial charge is 0.505 e. The maximum Gasteiger partial charge on any atom is 0.191 e. The van der Waals surface area contributed by atoms with E-state index in [9.17, 15) is 9.50 Å². The van der Waals surface area contributed by atoms with Crippen LogP contribution in [0.4, 0.5) is 4.39 Å². The number of aromatic hydroxyl groups is 1. The second-order valence-electron chi connectivity index (χ2n) is 7.49. The number of hydrogen-bond donors (Lipinski definition) is 3. The van der Waals surface area contributed by atoms with E-state index in [-0.39, 0.29) is 29.7 Å². The second-order valence-corrected chi connectivity index (χ2v) is 7.49. The third-order valence-electron chi connectivity index (χ3n) is 4.94. The SMILES string of the molecule is CCNC(=NCc1ccc(O)c(F)c1)NCc1ccc(C)cc1OCC1CCOC1.I. The molecule has 2 aromatic carbocycles. The van der Waals surface area contributed by atoms with Gasteiger partial charge >= 0.3 is 0 Å². The average molecular weight is 543 g/mol. The highest BCUT2D eigenvalue weighted by Gasteiger charge is 2.17. The van der Waals surface area contributed by atoms with Crippen LogP contribution in [-0.4, -0.2) is 37.4 Å². The molecule has 1 fully saturated rings. The molecule has 3 N–H and O–H groups in total. The Morgan fingerprint density at radius 2 is 2.10 bits per heavy atom. The molecule has 2 aromatic rings. The summed E-state index contributed by atoms with van der Waals surface area (Å²) in [6, 6.07) is 10.5. The first-order valence-corrected chi connectivity index (χ1v) is 10.3. The van der Waals surface area contributed by atoms with Crippen LogP contribution in [0.2, 0.25) is 0 Å². The molecule has 0 aliphatic carbocycles. The van der Waals surface area contributed by atoms with Crippen molar-refractivity contribution in [1.82, 2.24) is 10.6 Å². The molecule has 1 atom stereocenters. The monoisotopic (exact) mass is 543 g/mol. The van der Waals surface area contributed by atoms with Crippen LogP contribution in [0.5, 0.6) is 11.5 Å². The first-order valence-electron chi connectivity index (χ1n) is 10.3. The van der Waals surface area contributed by atoms with E-state index in [0.29, 0.717) is 43.7 Å². The van der Waals surface area contributed by atoms with Crippen LogP contribution < -0.4 is 15.4 Å². The molecule has 0 bridgehead atoms. The Kier molecular flexibility index (Phi) is 10.3. The highest BCUT2D eigenvalue weighted by Crippen LogP contribution is 2.23. The Balaban J connectivity index is 0.00000341. The van der Waals surface area contributed by atoms with Crippen molar-refractivity contribution in [1.29, 1.82) is 0 Å². The number of aryl methyl sites for hydroxylation is 1. The lowest BCUT2D eigenvalue weighted by Crippen LogP contribution is -2.36. The van der Waals surface area contributed by atoms with Crippen molar-refractivity contribution < 1.29 is 19.0 Å². The van der Waals surface area contributed by atoms with E-state index in [4.69, 9.17) is 9.47 Å². The summed E-state index contributed by atoms with van der Waals surface area (Å²) in [5.74, 6) is 0.932. The number of nitrogens with one attached hydrogen (secondary N) is 2. The molecule has 0 aromatic heterocycles. The average Bonchev–Trinajstić information content (AvgIpc) is 3.25. The fraction of sp³-hybridized carbons (Fsp3) is 0.435. The standard InChI is InChI=1S/C23H30FN3O3.HI/c1-3-25-23(26-12-17-5-7-21(28)20(24)11-17)27-13-19-6-4-16(2)10-22(19)30-15-18-8-9-29-14-18;/h4-7,10-11,18,28H,3,8-9,12-15H2,1-2H3,(H2,25,26,27);1H. The predicted octanol–water partition coefficient (Wildman–Crippen LogP) is 4.13. The molecular formula is C23H31FIN3O3. The van der Waals surface area contributed by atoms with Crippen molar-refractivity contribution in [2.45, 2.75) is 33.4 Å². The molecule has 6 nitrogen and oxygen atoms in total. The number of guanidine groups is 1. The molecular weight excluding hydrogens is 512 g/mol. The lowest BCUT2D eigenvalue weighted by molar-refractivity contribution is 0.166. The Morgan fingerprint density at radius 3 is 2.81 bits per heavy atom. The number of benzene rings is 2. The van der Waals surface area contributed by atoms with E-state index in [1.807, 2.05) is 13.8 Å². The molecule has 1 heterocycles. The maximum atomic E-state index is 13.5. The summed E-state index contributed by atoms with van der Waals surface area (Å²) in [6.45, 7) is 7.80. The number of aliphatic imine (C=N–C) groups is 1. The van der Waals surface area contributed by atoms with Gasteiger partial charge in [-0.05, 0) is 49.6 Å². The normalized spacial score (nSPS) is 16.0. The van der Waals surface area contributed by atoms with Gasteiger partial charge in [0.2, 0.25) is 0 Å². The molecule has 0 spiro atoms. The minimum atomic E-state index is -0.644. The number of hydrogen-bond acceptors (Lipinski definition) is 4. The zero-order valence-corrected chi connectivity index (χ0v) is 20.3. The van der Waals surface area contributed by atoms with Crippen molar-refractivity contribution in [3.05, 3.63) is 58.9 Å². The highest BCUT2D eigenvalue weighted by atomic mass is 127. The first kappa shape index (κ1) is 25.2. The third kappa shape index (κ3) is 7.84. The molecule has 0 saturated carbocycles. The van der Waals surface area contributed by atoms with Gasteiger partial charge in [0, 0.05) is 31.2 Å². The Hall–Kier alpha value is -2.07. The molecule has 31 heavy (non-hydrogen) atoms. The van der Waals surface area contributed by atoms with Gasteiger partial charge in [-0.1, -0.05) is 18.2 Å². The highest BCUT2D eigenvalue weighted by molar-refractivity contribution is 14.0. The van der Waals surface area contributed by atoms with Crippen molar-refractivity contribution >= 4 is 29.9 Å². The summed E-state index contributed by atoms with van der Waals surface area (Å²) >= 11 is 0. The molecule has 1 aliphatic heterocycles. The zero-order chi connectivity index (χ0) is 21.3. The van der Waals surface area contributed by atoms with Gasteiger partial charge < -0.3 is 25.2 Å². The molecule has 0 radical (unpaired) electrons. The molecule has 0 amide bonds. The van der Waals surface area contributed by atoms with E-state index >= 15 is 0 Å². The van der Waals surface area contributed by atoms with Crippen molar-refractivity contribution in [3.8, 4) is 11.5 Å². The molecule has 1 unspecified atom stereocenters. The van der Waals surface area contributed by atoms with Gasteiger partial charge in [0.05, 0.1) is 19.8 Å². The molecule has 1 saturated heterocycles. The van der Waals surface area contributed by atoms with E-state index in [1.165, 1.54) is 12.1 Å². The van der Waals surface area contributed by atoms with E-state index in [1.54, 1.807) is 6.07 Å². The summed E-state index contributed by atoms with van der Waals surface area (Å²) in [4.78, 5) is 4.51. The molecule has 8 heteroatoms. The van der Waals surface area contributed by atoms with E-state index in [0.717, 1.165) is 36.5 Å². The van der Waals surface area contributed by atoms with Gasteiger partial charge in [-0.3, -0.25) is 0 Å². The Bertz CT molecular complexity index is 873. The summed E-state index contributed by atoms with van der Waals surface area (Å²) in [6.07, 6.45) is 1.04. The maximum absolute atomic E-state index is 13.5. The van der Waals surface area contributed by atoms with E-state index in [2.05, 4.69) is 33.8 Å². The quantitative estimate of drug-likeness (QED) is 0.265. The number of nitrogens with zero attached hydrogens (tertiary/aromatic N) is 1. The summed E-state index contributed by atoms with van der Waals surface area (Å²) in [7, 11) is 0. The molecule has 170 valence electrons. The lowest BCUT2D eigenvalue weighted by atomic mass is 10.1. The fourth-order valence-corrected chi connectivity index (χ4v) is 3.20. The smallest absolute Gasteiger partial charge is 0.191 e.